The zero-order valence-corrected chi connectivity index (χ0v) is 18.9. The van der Waals surface area contributed by atoms with Crippen LogP contribution in [0.5, 0.6) is 5.75 Å². The Balaban J connectivity index is 1.72. The van der Waals surface area contributed by atoms with E-state index in [2.05, 4.69) is 15.5 Å². The Labute approximate surface area is 193 Å². The number of halogens is 3. The van der Waals surface area contributed by atoms with Gasteiger partial charge in [-0.25, -0.2) is 0 Å². The summed E-state index contributed by atoms with van der Waals surface area (Å²) in [5.74, 6) is 0.234. The summed E-state index contributed by atoms with van der Waals surface area (Å²) >= 11 is 1.15. The van der Waals surface area contributed by atoms with Gasteiger partial charge in [-0.1, -0.05) is 42.1 Å². The van der Waals surface area contributed by atoms with E-state index in [0.717, 1.165) is 29.5 Å². The zero-order valence-electron chi connectivity index (χ0n) is 18.1. The minimum absolute atomic E-state index is 0.0616. The molecule has 3 rings (SSSR count). The average molecular weight is 481 g/mol. The molecule has 0 atom stereocenters. The fraction of sp³-hybridized carbons (Fsp3) is 0.318. The molecule has 0 aliphatic heterocycles. The molecule has 0 radical (unpaired) electrons. The van der Waals surface area contributed by atoms with Gasteiger partial charge in [-0.2, -0.15) is 13.2 Å². The summed E-state index contributed by atoms with van der Waals surface area (Å²) in [5.41, 5.74) is -0.0544. The van der Waals surface area contributed by atoms with Crippen LogP contribution in [-0.4, -0.2) is 46.7 Å². The zero-order chi connectivity index (χ0) is 23.8. The minimum atomic E-state index is -4.55. The Hall–Kier alpha value is -3.05. The number of alkyl halides is 3. The van der Waals surface area contributed by atoms with Crippen LogP contribution in [-0.2, 0) is 22.3 Å². The van der Waals surface area contributed by atoms with Crippen molar-refractivity contribution in [3.8, 4) is 17.1 Å². The first-order valence-electron chi connectivity index (χ1n) is 10.1. The maximum Gasteiger partial charge on any atom is 0.416 e. The quantitative estimate of drug-likeness (QED) is 0.334. The highest BCUT2D eigenvalue weighted by molar-refractivity contribution is 7.99. The average Bonchev–Trinajstić information content (AvgIpc) is 3.21. The third-order valence-corrected chi connectivity index (χ3v) is 5.49. The number of carbonyl (C=O) groups is 1. The van der Waals surface area contributed by atoms with Crippen molar-refractivity contribution < 1.29 is 27.4 Å². The van der Waals surface area contributed by atoms with Gasteiger partial charge in [0.2, 0.25) is 5.91 Å². The molecule has 176 valence electrons. The second-order valence-corrected chi connectivity index (χ2v) is 7.75. The summed E-state index contributed by atoms with van der Waals surface area (Å²) < 4.78 is 51.7. The lowest BCUT2D eigenvalue weighted by atomic mass is 10.1. The van der Waals surface area contributed by atoms with Crippen LogP contribution >= 0.6 is 11.8 Å². The van der Waals surface area contributed by atoms with E-state index >= 15 is 0 Å². The van der Waals surface area contributed by atoms with Crippen molar-refractivity contribution in [1.82, 2.24) is 14.8 Å². The Kier molecular flexibility index (Phi) is 8.34. The van der Waals surface area contributed by atoms with Crippen LogP contribution < -0.4 is 10.1 Å². The van der Waals surface area contributed by atoms with Gasteiger partial charge in [-0.15, -0.1) is 10.2 Å². The molecule has 1 aromatic heterocycles. The topological polar surface area (TPSA) is 78.3 Å². The minimum Gasteiger partial charge on any atom is -0.489 e. The number of aromatic nitrogens is 3. The van der Waals surface area contributed by atoms with Crippen LogP contribution in [0.2, 0.25) is 0 Å². The van der Waals surface area contributed by atoms with E-state index in [1.54, 1.807) is 0 Å². The molecular formula is C22H23F3N4O3S. The van der Waals surface area contributed by atoms with Crippen molar-refractivity contribution in [2.24, 2.45) is 0 Å². The van der Waals surface area contributed by atoms with Gasteiger partial charge in [0.1, 0.15) is 12.4 Å². The second kappa shape index (κ2) is 11.2. The number of carbonyl (C=O) groups excluding carboxylic acids is 1. The standard InChI is InChI=1S/C22H23F3N4O3S/c1-3-29-20(15-7-5-4-6-8-15)27-28-21(29)33-14-19(30)26-17-13-16(22(23,24)25)9-10-18(17)32-12-11-31-2/h4-10,13H,3,11-12,14H2,1-2H3,(H,26,30). The molecular weight excluding hydrogens is 457 g/mol. The van der Waals surface area contributed by atoms with E-state index in [1.807, 2.05) is 41.8 Å². The number of nitrogens with one attached hydrogen (secondary N) is 1. The maximum atomic E-state index is 13.1. The first-order chi connectivity index (χ1) is 15.8. The number of hydrogen-bond donors (Lipinski definition) is 1. The molecule has 1 heterocycles. The Morgan fingerprint density at radius 1 is 1.12 bits per heavy atom. The predicted molar refractivity (Wildman–Crippen MR) is 119 cm³/mol. The van der Waals surface area contributed by atoms with Crippen molar-refractivity contribution in [1.29, 1.82) is 0 Å². The van der Waals surface area contributed by atoms with Gasteiger partial charge in [0, 0.05) is 19.2 Å². The molecule has 2 aromatic carbocycles. The molecule has 0 spiro atoms. The lowest BCUT2D eigenvalue weighted by Crippen LogP contribution is -2.17. The molecule has 1 N–H and O–H groups in total. The third-order valence-electron chi connectivity index (χ3n) is 4.52. The summed E-state index contributed by atoms with van der Waals surface area (Å²) in [6.07, 6.45) is -4.55. The van der Waals surface area contributed by atoms with Gasteiger partial charge in [-0.05, 0) is 25.1 Å². The Morgan fingerprint density at radius 3 is 2.55 bits per heavy atom. The fourth-order valence-corrected chi connectivity index (χ4v) is 3.76. The Morgan fingerprint density at radius 2 is 1.88 bits per heavy atom. The van der Waals surface area contributed by atoms with E-state index in [-0.39, 0.29) is 30.4 Å². The van der Waals surface area contributed by atoms with Crippen molar-refractivity contribution in [3.05, 3.63) is 54.1 Å². The molecule has 0 saturated carbocycles. The first-order valence-corrected chi connectivity index (χ1v) is 11.1. The third kappa shape index (κ3) is 6.48. The lowest BCUT2D eigenvalue weighted by Gasteiger charge is -2.15. The van der Waals surface area contributed by atoms with Gasteiger partial charge < -0.3 is 19.4 Å². The molecule has 7 nitrogen and oxygen atoms in total. The normalized spacial score (nSPS) is 11.4. The van der Waals surface area contributed by atoms with Crippen molar-refractivity contribution >= 4 is 23.4 Å². The van der Waals surface area contributed by atoms with Crippen LogP contribution in [0.1, 0.15) is 12.5 Å². The van der Waals surface area contributed by atoms with Crippen molar-refractivity contribution in [3.63, 3.8) is 0 Å². The van der Waals surface area contributed by atoms with E-state index in [1.165, 1.54) is 13.2 Å². The molecule has 1 amide bonds. The smallest absolute Gasteiger partial charge is 0.416 e. The molecule has 3 aromatic rings. The fourth-order valence-electron chi connectivity index (χ4n) is 2.96. The van der Waals surface area contributed by atoms with Gasteiger partial charge in [0.05, 0.1) is 23.6 Å². The highest BCUT2D eigenvalue weighted by Crippen LogP contribution is 2.35. The number of ether oxygens (including phenoxy) is 2. The van der Waals surface area contributed by atoms with Crippen molar-refractivity contribution in [2.75, 3.05) is 31.4 Å². The molecule has 0 fully saturated rings. The number of rotatable bonds is 10. The van der Waals surface area contributed by atoms with Crippen LogP contribution in [0, 0.1) is 0 Å². The molecule has 0 saturated heterocycles. The van der Waals surface area contributed by atoms with E-state index in [4.69, 9.17) is 9.47 Å². The van der Waals surface area contributed by atoms with Gasteiger partial charge in [0.15, 0.2) is 11.0 Å². The van der Waals surface area contributed by atoms with E-state index in [0.29, 0.717) is 17.5 Å². The molecule has 33 heavy (non-hydrogen) atoms. The molecule has 0 bridgehead atoms. The lowest BCUT2D eigenvalue weighted by molar-refractivity contribution is -0.137. The maximum absolute atomic E-state index is 13.1. The van der Waals surface area contributed by atoms with Crippen molar-refractivity contribution in [2.45, 2.75) is 24.8 Å². The SMILES string of the molecule is CCn1c(SCC(=O)Nc2cc(C(F)(F)F)ccc2OCCOC)nnc1-c1ccccc1. The summed E-state index contributed by atoms with van der Waals surface area (Å²) in [4.78, 5) is 12.6. The van der Waals surface area contributed by atoms with Gasteiger partial charge in [0.25, 0.3) is 0 Å². The first kappa shape index (κ1) is 24.6. The summed E-state index contributed by atoms with van der Waals surface area (Å²) in [6.45, 7) is 2.90. The summed E-state index contributed by atoms with van der Waals surface area (Å²) in [6, 6.07) is 12.5. The number of methoxy groups -OCH3 is 1. The summed E-state index contributed by atoms with van der Waals surface area (Å²) in [7, 11) is 1.48. The van der Waals surface area contributed by atoms with Gasteiger partial charge in [-0.3, -0.25) is 4.79 Å². The number of thioether (sulfide) groups is 1. The molecule has 11 heteroatoms. The second-order valence-electron chi connectivity index (χ2n) is 6.80. The highest BCUT2D eigenvalue weighted by Gasteiger charge is 2.31. The summed E-state index contributed by atoms with van der Waals surface area (Å²) in [5, 5.41) is 11.4. The Bertz CT molecular complexity index is 1070. The van der Waals surface area contributed by atoms with Crippen LogP contribution in [0.3, 0.4) is 0 Å². The number of nitrogens with zero attached hydrogens (tertiary/aromatic N) is 3. The van der Waals surface area contributed by atoms with Crippen LogP contribution in [0.15, 0.2) is 53.7 Å². The number of anilines is 1. The molecule has 0 aliphatic rings. The number of hydrogen-bond acceptors (Lipinski definition) is 6. The van der Waals surface area contributed by atoms with E-state index < -0.39 is 17.6 Å². The number of amides is 1. The predicted octanol–water partition coefficient (Wildman–Crippen LogP) is 4.74. The molecule has 0 aliphatic carbocycles. The number of benzene rings is 2. The highest BCUT2D eigenvalue weighted by atomic mass is 32.2. The van der Waals surface area contributed by atoms with Crippen LogP contribution in [0.4, 0.5) is 18.9 Å². The van der Waals surface area contributed by atoms with Gasteiger partial charge >= 0.3 is 6.18 Å². The van der Waals surface area contributed by atoms with E-state index in [9.17, 15) is 18.0 Å². The largest absolute Gasteiger partial charge is 0.489 e. The monoisotopic (exact) mass is 480 g/mol. The van der Waals surface area contributed by atoms with Crippen LogP contribution in [0.25, 0.3) is 11.4 Å². The molecule has 0 unspecified atom stereocenters.